The Morgan fingerprint density at radius 1 is 1.32 bits per heavy atom. The molecule has 0 aliphatic heterocycles. The van der Waals surface area contributed by atoms with Crippen molar-refractivity contribution in [3.8, 4) is 5.69 Å². The Morgan fingerprint density at radius 3 is 2.63 bits per heavy atom. The van der Waals surface area contributed by atoms with E-state index in [1.807, 2.05) is 51.1 Å². The Hall–Kier alpha value is -1.72. The van der Waals surface area contributed by atoms with Crippen LogP contribution in [0.25, 0.3) is 5.69 Å². The molecule has 1 heterocycles. The predicted molar refractivity (Wildman–Crippen MR) is 72.0 cm³/mol. The number of aliphatic hydroxyl groups excluding tert-OH is 1. The average Bonchev–Trinajstić information content (AvgIpc) is 2.87. The highest BCUT2D eigenvalue weighted by molar-refractivity contribution is 5.32. The second-order valence-electron chi connectivity index (χ2n) is 4.85. The summed E-state index contributed by atoms with van der Waals surface area (Å²) in [7, 11) is 0. The largest absolute Gasteiger partial charge is 0.384 e. The molecule has 5 heteroatoms. The summed E-state index contributed by atoms with van der Waals surface area (Å²) < 4.78 is 7.22. The van der Waals surface area contributed by atoms with Crippen LogP contribution < -0.4 is 0 Å². The number of aromatic nitrogens is 3. The Kier molecular flexibility index (Phi) is 3.97. The van der Waals surface area contributed by atoms with Gasteiger partial charge in [-0.15, -0.1) is 5.10 Å². The maximum absolute atomic E-state index is 10.5. The number of para-hydroxylation sites is 1. The van der Waals surface area contributed by atoms with Gasteiger partial charge in [-0.3, -0.25) is 0 Å². The Bertz CT molecular complexity index is 522. The summed E-state index contributed by atoms with van der Waals surface area (Å²) in [5.74, 6) is 0. The van der Waals surface area contributed by atoms with Crippen LogP contribution in [-0.2, 0) is 4.74 Å². The van der Waals surface area contributed by atoms with Gasteiger partial charge >= 0.3 is 0 Å². The van der Waals surface area contributed by atoms with Crippen molar-refractivity contribution in [1.29, 1.82) is 0 Å². The maximum atomic E-state index is 10.5. The number of aliphatic hydroxyl groups is 1. The molecular formula is C14H19N3O2. The lowest BCUT2D eigenvalue weighted by Crippen LogP contribution is -2.34. The molecule has 5 nitrogen and oxygen atoms in total. The molecule has 0 amide bonds. The fraction of sp³-hybridized carbons (Fsp3) is 0.429. The number of nitrogens with zero attached hydrogens (tertiary/aromatic N) is 3. The normalized spacial score (nSPS) is 13.5. The van der Waals surface area contributed by atoms with Crippen molar-refractivity contribution < 1.29 is 9.84 Å². The summed E-state index contributed by atoms with van der Waals surface area (Å²) in [6.45, 7) is 6.14. The van der Waals surface area contributed by atoms with Crippen LogP contribution in [0.4, 0.5) is 0 Å². The van der Waals surface area contributed by atoms with Gasteiger partial charge in [0.15, 0.2) is 0 Å². The van der Waals surface area contributed by atoms with Gasteiger partial charge in [0, 0.05) is 6.61 Å². The third-order valence-corrected chi connectivity index (χ3v) is 3.03. The van der Waals surface area contributed by atoms with E-state index in [0.717, 1.165) is 5.69 Å². The highest BCUT2D eigenvalue weighted by atomic mass is 16.5. The van der Waals surface area contributed by atoms with Crippen molar-refractivity contribution in [2.75, 3.05) is 6.61 Å². The Morgan fingerprint density at radius 2 is 2.00 bits per heavy atom. The summed E-state index contributed by atoms with van der Waals surface area (Å²) in [6.07, 6.45) is 0.765. The summed E-state index contributed by atoms with van der Waals surface area (Å²) in [5, 5.41) is 18.4. The minimum Gasteiger partial charge on any atom is -0.384 e. The first-order chi connectivity index (χ1) is 9.06. The number of ether oxygens (including phenoxy) is 1. The van der Waals surface area contributed by atoms with Crippen LogP contribution in [0.2, 0.25) is 0 Å². The standard InChI is InChI=1S/C14H19N3O2/c1-4-19-14(2,3)13(18)12-10-15-16-17(12)11-8-6-5-7-9-11/h5-10,13,18H,4H2,1-3H3. The quantitative estimate of drug-likeness (QED) is 0.895. The van der Waals surface area contributed by atoms with Gasteiger partial charge in [0.2, 0.25) is 0 Å². The van der Waals surface area contributed by atoms with E-state index < -0.39 is 11.7 Å². The number of hydrogen-bond donors (Lipinski definition) is 1. The van der Waals surface area contributed by atoms with Crippen LogP contribution >= 0.6 is 0 Å². The highest BCUT2D eigenvalue weighted by Gasteiger charge is 2.32. The van der Waals surface area contributed by atoms with Gasteiger partial charge < -0.3 is 9.84 Å². The fourth-order valence-corrected chi connectivity index (χ4v) is 2.01. The molecule has 1 aromatic heterocycles. The van der Waals surface area contributed by atoms with Crippen molar-refractivity contribution in [3.05, 3.63) is 42.2 Å². The lowest BCUT2D eigenvalue weighted by Gasteiger charge is -2.30. The molecule has 1 aromatic carbocycles. The first kappa shape index (κ1) is 13.7. The van der Waals surface area contributed by atoms with E-state index in [1.165, 1.54) is 0 Å². The zero-order chi connectivity index (χ0) is 13.9. The van der Waals surface area contributed by atoms with E-state index in [-0.39, 0.29) is 0 Å². The van der Waals surface area contributed by atoms with Gasteiger partial charge in [0.1, 0.15) is 6.10 Å². The van der Waals surface area contributed by atoms with Crippen LogP contribution in [0.1, 0.15) is 32.6 Å². The second-order valence-corrected chi connectivity index (χ2v) is 4.85. The molecule has 0 aliphatic rings. The van der Waals surface area contributed by atoms with Crippen LogP contribution in [-0.4, -0.2) is 32.3 Å². The van der Waals surface area contributed by atoms with Gasteiger partial charge in [-0.1, -0.05) is 23.4 Å². The fourth-order valence-electron chi connectivity index (χ4n) is 2.01. The molecule has 19 heavy (non-hydrogen) atoms. The topological polar surface area (TPSA) is 60.2 Å². The molecule has 2 aromatic rings. The highest BCUT2D eigenvalue weighted by Crippen LogP contribution is 2.29. The number of hydrogen-bond acceptors (Lipinski definition) is 4. The van der Waals surface area contributed by atoms with Gasteiger partial charge in [-0.25, -0.2) is 4.68 Å². The zero-order valence-electron chi connectivity index (χ0n) is 11.4. The van der Waals surface area contributed by atoms with E-state index in [2.05, 4.69) is 10.3 Å². The summed E-state index contributed by atoms with van der Waals surface area (Å²) in [5.41, 5.74) is 0.786. The van der Waals surface area contributed by atoms with Crippen LogP contribution in [0.15, 0.2) is 36.5 Å². The zero-order valence-corrected chi connectivity index (χ0v) is 11.4. The molecule has 0 fully saturated rings. The van der Waals surface area contributed by atoms with Crippen LogP contribution in [0.5, 0.6) is 0 Å². The van der Waals surface area contributed by atoms with E-state index in [1.54, 1.807) is 10.9 Å². The molecule has 1 unspecified atom stereocenters. The van der Waals surface area contributed by atoms with Crippen molar-refractivity contribution in [3.63, 3.8) is 0 Å². The summed E-state index contributed by atoms with van der Waals surface area (Å²) in [4.78, 5) is 0. The Labute approximate surface area is 112 Å². The SMILES string of the molecule is CCOC(C)(C)C(O)c1cnnn1-c1ccccc1. The van der Waals surface area contributed by atoms with Crippen molar-refractivity contribution in [2.45, 2.75) is 32.5 Å². The molecule has 1 atom stereocenters. The molecule has 102 valence electrons. The van der Waals surface area contributed by atoms with Crippen molar-refractivity contribution >= 4 is 0 Å². The summed E-state index contributed by atoms with van der Waals surface area (Å²) >= 11 is 0. The molecule has 0 saturated carbocycles. The molecule has 0 bridgehead atoms. The van der Waals surface area contributed by atoms with Crippen molar-refractivity contribution in [1.82, 2.24) is 15.0 Å². The number of benzene rings is 1. The molecule has 0 radical (unpaired) electrons. The summed E-state index contributed by atoms with van der Waals surface area (Å²) in [6, 6.07) is 9.60. The van der Waals surface area contributed by atoms with Crippen LogP contribution in [0.3, 0.4) is 0 Å². The minimum absolute atomic E-state index is 0.539. The van der Waals surface area contributed by atoms with Gasteiger partial charge in [-0.05, 0) is 32.9 Å². The van der Waals surface area contributed by atoms with E-state index in [4.69, 9.17) is 4.74 Å². The lowest BCUT2D eigenvalue weighted by atomic mass is 9.99. The van der Waals surface area contributed by atoms with E-state index in [9.17, 15) is 5.11 Å². The predicted octanol–water partition coefficient (Wildman–Crippen LogP) is 2.12. The molecule has 2 rings (SSSR count). The third-order valence-electron chi connectivity index (χ3n) is 3.03. The smallest absolute Gasteiger partial charge is 0.126 e. The molecular weight excluding hydrogens is 242 g/mol. The first-order valence-electron chi connectivity index (χ1n) is 6.34. The van der Waals surface area contributed by atoms with E-state index in [0.29, 0.717) is 12.3 Å². The molecule has 0 saturated heterocycles. The molecule has 0 aliphatic carbocycles. The van der Waals surface area contributed by atoms with Crippen LogP contribution in [0, 0.1) is 0 Å². The van der Waals surface area contributed by atoms with Crippen molar-refractivity contribution in [2.24, 2.45) is 0 Å². The lowest BCUT2D eigenvalue weighted by molar-refractivity contribution is -0.101. The van der Waals surface area contributed by atoms with Gasteiger partial charge in [0.05, 0.1) is 23.2 Å². The number of rotatable bonds is 5. The van der Waals surface area contributed by atoms with Gasteiger partial charge in [0.25, 0.3) is 0 Å². The molecule has 1 N–H and O–H groups in total. The molecule has 0 spiro atoms. The average molecular weight is 261 g/mol. The first-order valence-corrected chi connectivity index (χ1v) is 6.34. The minimum atomic E-state index is -0.803. The third kappa shape index (κ3) is 2.83. The van der Waals surface area contributed by atoms with E-state index >= 15 is 0 Å². The van der Waals surface area contributed by atoms with Gasteiger partial charge in [-0.2, -0.15) is 0 Å². The maximum Gasteiger partial charge on any atom is 0.126 e. The Balaban J connectivity index is 2.35. The monoisotopic (exact) mass is 261 g/mol. The second kappa shape index (κ2) is 5.50.